The van der Waals surface area contributed by atoms with E-state index in [2.05, 4.69) is 13.2 Å². The quantitative estimate of drug-likeness (QED) is 0.440. The van der Waals surface area contributed by atoms with Crippen LogP contribution in [0.4, 0.5) is 0 Å². The average molecular weight is 278 g/mol. The van der Waals surface area contributed by atoms with E-state index in [1.807, 2.05) is 37.3 Å². The van der Waals surface area contributed by atoms with Crippen molar-refractivity contribution >= 4 is 5.78 Å². The molecule has 1 aliphatic rings. The van der Waals surface area contributed by atoms with Crippen molar-refractivity contribution in [3.63, 3.8) is 0 Å². The summed E-state index contributed by atoms with van der Waals surface area (Å²) in [6.45, 7) is 9.38. The Morgan fingerprint density at radius 2 is 1.86 bits per heavy atom. The summed E-state index contributed by atoms with van der Waals surface area (Å²) in [4.78, 5) is 12.4. The first kappa shape index (κ1) is 14.8. The van der Waals surface area contributed by atoms with E-state index >= 15 is 0 Å². The van der Waals surface area contributed by atoms with Crippen LogP contribution < -0.4 is 4.74 Å². The van der Waals surface area contributed by atoms with Crippen LogP contribution in [0.1, 0.15) is 23.7 Å². The largest absolute Gasteiger partial charge is 0.458 e. The summed E-state index contributed by atoms with van der Waals surface area (Å²) in [6, 6.07) is 7.04. The van der Waals surface area contributed by atoms with Gasteiger partial charge in [0.05, 0.1) is 0 Å². The Hall–Kier alpha value is -2.61. The molecule has 0 heterocycles. The number of allylic oxidation sites excluding steroid dienone is 7. The normalized spacial score (nSPS) is 13.3. The predicted molar refractivity (Wildman–Crippen MR) is 86.3 cm³/mol. The van der Waals surface area contributed by atoms with Gasteiger partial charge in [-0.1, -0.05) is 43.5 Å². The maximum atomic E-state index is 12.4. The van der Waals surface area contributed by atoms with E-state index in [0.29, 0.717) is 22.6 Å². The molecule has 0 fully saturated rings. The lowest BCUT2D eigenvalue weighted by atomic mass is 10.0. The topological polar surface area (TPSA) is 26.3 Å². The molecule has 0 spiro atoms. The number of benzene rings is 1. The monoisotopic (exact) mass is 278 g/mol. The van der Waals surface area contributed by atoms with E-state index in [0.717, 1.165) is 12.0 Å². The Morgan fingerprint density at radius 3 is 2.52 bits per heavy atom. The van der Waals surface area contributed by atoms with Gasteiger partial charge in [0, 0.05) is 11.1 Å². The van der Waals surface area contributed by atoms with Crippen LogP contribution in [0.15, 0.2) is 84.7 Å². The highest BCUT2D eigenvalue weighted by Gasteiger charge is 2.10. The van der Waals surface area contributed by atoms with Crippen molar-refractivity contribution in [2.75, 3.05) is 0 Å². The van der Waals surface area contributed by atoms with E-state index in [-0.39, 0.29) is 5.78 Å². The number of ether oxygens (including phenoxy) is 1. The lowest BCUT2D eigenvalue weighted by Crippen LogP contribution is -2.01. The number of Topliss-reactive ketones (excluding diaryl/α,β-unsaturated/α-hetero) is 1. The minimum absolute atomic E-state index is 0.00285. The van der Waals surface area contributed by atoms with Crippen LogP contribution in [0.3, 0.4) is 0 Å². The van der Waals surface area contributed by atoms with Crippen LogP contribution in [-0.4, -0.2) is 5.78 Å². The summed E-state index contributed by atoms with van der Waals surface area (Å²) in [5.74, 6) is 1.17. The third-order valence-corrected chi connectivity index (χ3v) is 3.08. The van der Waals surface area contributed by atoms with Gasteiger partial charge in [0.1, 0.15) is 11.5 Å². The fourth-order valence-corrected chi connectivity index (χ4v) is 1.80. The van der Waals surface area contributed by atoms with Crippen molar-refractivity contribution in [3.8, 4) is 5.75 Å². The molecule has 0 saturated heterocycles. The second kappa shape index (κ2) is 6.71. The molecule has 0 N–H and O–H groups in total. The lowest BCUT2D eigenvalue weighted by molar-refractivity contribution is 0.103. The standard InChI is InChI=1S/C19H18O2/c1-14(2)15(3)21-18-12-10-17(11-13-18)19(20)16-8-6-4-5-7-9-16/h4,6-13H,1,3,5H2,2H3. The summed E-state index contributed by atoms with van der Waals surface area (Å²) in [5, 5.41) is 0. The molecule has 1 aromatic rings. The van der Waals surface area contributed by atoms with Crippen LogP contribution in [-0.2, 0) is 0 Å². The van der Waals surface area contributed by atoms with Crippen LogP contribution in [0.2, 0.25) is 0 Å². The maximum absolute atomic E-state index is 12.4. The third-order valence-electron chi connectivity index (χ3n) is 3.08. The molecule has 1 aliphatic carbocycles. The summed E-state index contributed by atoms with van der Waals surface area (Å²) >= 11 is 0. The number of carbonyl (C=O) groups is 1. The molecular formula is C19H18O2. The van der Waals surface area contributed by atoms with Crippen LogP contribution in [0.5, 0.6) is 5.75 Å². The van der Waals surface area contributed by atoms with Crippen molar-refractivity contribution in [2.45, 2.75) is 13.3 Å². The van der Waals surface area contributed by atoms with Crippen molar-refractivity contribution in [2.24, 2.45) is 0 Å². The first-order chi connectivity index (χ1) is 10.1. The fraction of sp³-hybridized carbons (Fsp3) is 0.105. The van der Waals surface area contributed by atoms with Gasteiger partial charge in [0.15, 0.2) is 5.78 Å². The second-order valence-corrected chi connectivity index (χ2v) is 4.85. The first-order valence-corrected chi connectivity index (χ1v) is 6.78. The minimum atomic E-state index is 0.00285. The number of carbonyl (C=O) groups excluding carboxylic acids is 1. The molecule has 0 amide bonds. The second-order valence-electron chi connectivity index (χ2n) is 4.85. The maximum Gasteiger partial charge on any atom is 0.193 e. The van der Waals surface area contributed by atoms with E-state index in [1.165, 1.54) is 0 Å². The third kappa shape index (κ3) is 3.93. The first-order valence-electron chi connectivity index (χ1n) is 6.78. The van der Waals surface area contributed by atoms with Gasteiger partial charge in [-0.05, 0) is 43.2 Å². The molecule has 0 aromatic heterocycles. The highest BCUT2D eigenvalue weighted by Crippen LogP contribution is 2.19. The molecule has 2 nitrogen and oxygen atoms in total. The van der Waals surface area contributed by atoms with Crippen molar-refractivity contribution in [1.29, 1.82) is 0 Å². The molecule has 21 heavy (non-hydrogen) atoms. The van der Waals surface area contributed by atoms with Gasteiger partial charge in [-0.15, -0.1) is 0 Å². The van der Waals surface area contributed by atoms with Gasteiger partial charge >= 0.3 is 0 Å². The van der Waals surface area contributed by atoms with E-state index in [1.54, 1.807) is 24.3 Å². The molecule has 0 radical (unpaired) electrons. The van der Waals surface area contributed by atoms with Crippen molar-refractivity contribution < 1.29 is 9.53 Å². The SMILES string of the molecule is C=C(C)C(=C)Oc1ccc(C(=O)C2=CC=CCC=C2)cc1. The van der Waals surface area contributed by atoms with Crippen LogP contribution in [0.25, 0.3) is 0 Å². The number of ketones is 1. The predicted octanol–water partition coefficient (Wildman–Crippen LogP) is 4.78. The molecule has 0 saturated carbocycles. The number of rotatable bonds is 5. The smallest absolute Gasteiger partial charge is 0.193 e. The van der Waals surface area contributed by atoms with Crippen LogP contribution >= 0.6 is 0 Å². The molecule has 0 aliphatic heterocycles. The fourth-order valence-electron chi connectivity index (χ4n) is 1.80. The molecule has 2 rings (SSSR count). The molecular weight excluding hydrogens is 260 g/mol. The zero-order valence-electron chi connectivity index (χ0n) is 12.1. The van der Waals surface area contributed by atoms with Crippen molar-refractivity contribution in [1.82, 2.24) is 0 Å². The summed E-state index contributed by atoms with van der Waals surface area (Å²) in [6.07, 6.45) is 10.4. The van der Waals surface area contributed by atoms with E-state index in [4.69, 9.17) is 4.74 Å². The summed E-state index contributed by atoms with van der Waals surface area (Å²) in [7, 11) is 0. The Morgan fingerprint density at radius 1 is 1.14 bits per heavy atom. The Bertz CT molecular complexity index is 655. The Kier molecular flexibility index (Phi) is 4.72. The molecule has 106 valence electrons. The van der Waals surface area contributed by atoms with Gasteiger partial charge in [0.2, 0.25) is 0 Å². The Balaban J connectivity index is 2.13. The zero-order valence-corrected chi connectivity index (χ0v) is 12.1. The van der Waals surface area contributed by atoms with Gasteiger partial charge in [0.25, 0.3) is 0 Å². The van der Waals surface area contributed by atoms with Crippen LogP contribution in [0, 0.1) is 0 Å². The van der Waals surface area contributed by atoms with Gasteiger partial charge in [-0.25, -0.2) is 0 Å². The zero-order chi connectivity index (χ0) is 15.2. The molecule has 0 atom stereocenters. The van der Waals surface area contributed by atoms with Gasteiger partial charge in [-0.3, -0.25) is 4.79 Å². The molecule has 2 heteroatoms. The average Bonchev–Trinajstić information content (AvgIpc) is 2.76. The number of hydrogen-bond acceptors (Lipinski definition) is 2. The summed E-state index contributed by atoms with van der Waals surface area (Å²) < 4.78 is 5.53. The van der Waals surface area contributed by atoms with Crippen molar-refractivity contribution in [3.05, 3.63) is 90.3 Å². The minimum Gasteiger partial charge on any atom is -0.458 e. The van der Waals surface area contributed by atoms with E-state index in [9.17, 15) is 4.79 Å². The summed E-state index contributed by atoms with van der Waals surface area (Å²) in [5.41, 5.74) is 2.09. The lowest BCUT2D eigenvalue weighted by Gasteiger charge is -2.08. The van der Waals surface area contributed by atoms with E-state index < -0.39 is 0 Å². The van der Waals surface area contributed by atoms with Gasteiger partial charge in [-0.2, -0.15) is 0 Å². The number of hydrogen-bond donors (Lipinski definition) is 0. The highest BCUT2D eigenvalue weighted by atomic mass is 16.5. The molecule has 1 aromatic carbocycles. The molecule has 0 bridgehead atoms. The highest BCUT2D eigenvalue weighted by molar-refractivity contribution is 6.10. The molecule has 0 unspecified atom stereocenters. The van der Waals surface area contributed by atoms with Gasteiger partial charge < -0.3 is 4.74 Å². The Labute approximate surface area is 125 Å².